The van der Waals surface area contributed by atoms with Gasteiger partial charge in [0.15, 0.2) is 5.60 Å². The number of hydrogen-bond acceptors (Lipinski definition) is 4. The van der Waals surface area contributed by atoms with Gasteiger partial charge in [0.1, 0.15) is 17.2 Å². The first-order valence-corrected chi connectivity index (χ1v) is 27.3. The van der Waals surface area contributed by atoms with E-state index in [1.165, 1.54) is 63.0 Å². The smallest absolute Gasteiger partial charge is 0.416 e. The van der Waals surface area contributed by atoms with Crippen molar-refractivity contribution in [2.75, 3.05) is 19.5 Å². The van der Waals surface area contributed by atoms with Crippen molar-refractivity contribution in [3.63, 3.8) is 0 Å². The van der Waals surface area contributed by atoms with Gasteiger partial charge in [-0.2, -0.15) is 13.2 Å². The van der Waals surface area contributed by atoms with Crippen LogP contribution in [0.2, 0.25) is 0 Å². The summed E-state index contributed by atoms with van der Waals surface area (Å²) in [5.41, 5.74) is 9.63. The monoisotopic (exact) mass is 1030 g/mol. The predicted octanol–water partition coefficient (Wildman–Crippen LogP) is 18.6. The zero-order valence-corrected chi connectivity index (χ0v) is 45.1. The summed E-state index contributed by atoms with van der Waals surface area (Å²) in [6.45, 7) is 9.76. The van der Waals surface area contributed by atoms with Gasteiger partial charge in [-0.05, 0) is 173 Å². The molecule has 8 aromatic carbocycles. The van der Waals surface area contributed by atoms with Gasteiger partial charge in [0.25, 0.3) is 5.91 Å². The third-order valence-electron chi connectivity index (χ3n) is 16.9. The SMILES string of the molecule is CCCCCC1CCC(c2ccc(-c3ccc(C(=O)Nc4ccc(-c5cc6c7c(c8c(c6cc5OC)OC(c5ccccc5)(c5ccc(OC)cc5)C=C8)C(C)(C)c5c-7cc(C)cc5C(F)(F)F)c(C)c4)cc3)cc2)CC1. The van der Waals surface area contributed by atoms with Crippen LogP contribution in [0.15, 0.2) is 152 Å². The van der Waals surface area contributed by atoms with Crippen LogP contribution in [-0.2, 0) is 17.2 Å². The van der Waals surface area contributed by atoms with Crippen LogP contribution in [0.5, 0.6) is 17.2 Å². The molecule has 1 heterocycles. The minimum atomic E-state index is -4.60. The number of carbonyl (C=O) groups is 1. The molecule has 0 spiro atoms. The molecule has 8 aromatic rings. The summed E-state index contributed by atoms with van der Waals surface area (Å²) in [5, 5.41) is 4.55. The number of carbonyl (C=O) groups excluding carboxylic acids is 1. The molecule has 5 nitrogen and oxygen atoms in total. The van der Waals surface area contributed by atoms with Crippen LogP contribution in [0, 0.1) is 19.8 Å². The second kappa shape index (κ2) is 20.4. The van der Waals surface area contributed by atoms with Crippen LogP contribution in [0.25, 0.3) is 50.2 Å². The molecular weight excluding hydrogens is 964 g/mol. The molecule has 0 saturated heterocycles. The topological polar surface area (TPSA) is 56.8 Å². The Bertz CT molecular complexity index is 3550. The van der Waals surface area contributed by atoms with Crippen LogP contribution in [0.4, 0.5) is 18.9 Å². The molecule has 392 valence electrons. The predicted molar refractivity (Wildman–Crippen MR) is 307 cm³/mol. The summed E-state index contributed by atoms with van der Waals surface area (Å²) in [6.07, 6.45) is 10.0. The molecule has 1 saturated carbocycles. The average molecular weight is 1030 g/mol. The van der Waals surface area contributed by atoms with E-state index in [-0.39, 0.29) is 11.5 Å². The summed E-state index contributed by atoms with van der Waals surface area (Å²) in [7, 11) is 3.25. The number of aryl methyl sites for hydroxylation is 2. The van der Waals surface area contributed by atoms with Crippen LogP contribution >= 0.6 is 0 Å². The number of unbranched alkanes of at least 4 members (excludes halogenated alkanes) is 2. The third kappa shape index (κ3) is 9.38. The molecule has 1 amide bonds. The molecule has 77 heavy (non-hydrogen) atoms. The van der Waals surface area contributed by atoms with Crippen LogP contribution < -0.4 is 19.5 Å². The van der Waals surface area contributed by atoms with E-state index < -0.39 is 22.8 Å². The van der Waals surface area contributed by atoms with Gasteiger partial charge in [0.05, 0.1) is 19.8 Å². The highest BCUT2D eigenvalue weighted by atomic mass is 19.4. The Labute approximate surface area is 451 Å². The van der Waals surface area contributed by atoms with Crippen molar-refractivity contribution >= 4 is 28.4 Å². The Morgan fingerprint density at radius 1 is 0.701 bits per heavy atom. The van der Waals surface area contributed by atoms with E-state index in [0.29, 0.717) is 50.9 Å². The quantitative estimate of drug-likeness (QED) is 0.117. The van der Waals surface area contributed by atoms with E-state index in [1.54, 1.807) is 21.1 Å². The lowest BCUT2D eigenvalue weighted by Crippen LogP contribution is -2.35. The lowest BCUT2D eigenvalue weighted by molar-refractivity contribution is -0.138. The largest absolute Gasteiger partial charge is 0.497 e. The van der Waals surface area contributed by atoms with Gasteiger partial charge in [-0.25, -0.2) is 0 Å². The summed E-state index contributed by atoms with van der Waals surface area (Å²) in [6, 6.07) is 47.4. The first-order valence-electron chi connectivity index (χ1n) is 27.3. The molecule has 3 aliphatic rings. The average Bonchev–Trinajstić information content (AvgIpc) is 3.77. The van der Waals surface area contributed by atoms with Crippen molar-refractivity contribution in [2.45, 2.75) is 109 Å². The molecule has 0 bridgehead atoms. The highest BCUT2D eigenvalue weighted by molar-refractivity contribution is 6.11. The minimum absolute atomic E-state index is 0.224. The molecule has 0 radical (unpaired) electrons. The fourth-order valence-electron chi connectivity index (χ4n) is 13.0. The maximum absolute atomic E-state index is 15.3. The molecule has 1 aliphatic heterocycles. The Morgan fingerprint density at radius 3 is 2.04 bits per heavy atom. The fourth-order valence-corrected chi connectivity index (χ4v) is 13.0. The first-order chi connectivity index (χ1) is 37.1. The summed E-state index contributed by atoms with van der Waals surface area (Å²) in [4.78, 5) is 13.8. The number of rotatable bonds is 13. The van der Waals surface area contributed by atoms with Gasteiger partial charge in [0.2, 0.25) is 0 Å². The number of nitrogens with one attached hydrogen (secondary N) is 1. The van der Waals surface area contributed by atoms with Crippen molar-refractivity contribution in [2.24, 2.45) is 5.92 Å². The normalized spacial score (nSPS) is 18.3. The molecule has 1 fully saturated rings. The van der Waals surface area contributed by atoms with Gasteiger partial charge in [0, 0.05) is 44.3 Å². The number of ether oxygens (including phenoxy) is 3. The first kappa shape index (κ1) is 51.5. The third-order valence-corrected chi connectivity index (χ3v) is 16.9. The van der Waals surface area contributed by atoms with Gasteiger partial charge >= 0.3 is 6.18 Å². The maximum Gasteiger partial charge on any atom is 0.416 e. The molecule has 11 rings (SSSR count). The number of methoxy groups -OCH3 is 2. The van der Waals surface area contributed by atoms with Gasteiger partial charge in [-0.15, -0.1) is 0 Å². The standard InChI is InChI=1S/C69H66F3NO4/c1-8-9-11-14-44-17-19-45(20-18-44)46-21-23-47(24-22-46)48-25-27-49(28-26-48)66(74)73-52-31-34-54(43(3)39-52)56-40-57-58(41-61(56)76-7)65-55(64-62(57)59-37-42(2)38-60(69(70,71)72)63(59)67(64,4)5)35-36-68(77-65,50-15-12-10-13-16-50)51-29-32-53(75-6)33-30-51/h10,12-13,15-16,21-41,44-45H,8-9,11,14,17-20H2,1-7H3,(H,73,74). The lowest BCUT2D eigenvalue weighted by Gasteiger charge is -2.38. The lowest BCUT2D eigenvalue weighted by atomic mass is 9.75. The Balaban J connectivity index is 0.936. The van der Waals surface area contributed by atoms with Gasteiger partial charge in [-0.3, -0.25) is 4.79 Å². The second-order valence-corrected chi connectivity index (χ2v) is 22.1. The number of anilines is 1. The van der Waals surface area contributed by atoms with Crippen molar-refractivity contribution in [3.05, 3.63) is 207 Å². The highest BCUT2D eigenvalue weighted by Crippen LogP contribution is 2.61. The van der Waals surface area contributed by atoms with E-state index in [4.69, 9.17) is 14.2 Å². The Morgan fingerprint density at radius 2 is 1.39 bits per heavy atom. The van der Waals surface area contributed by atoms with Gasteiger partial charge < -0.3 is 19.5 Å². The minimum Gasteiger partial charge on any atom is -0.497 e. The molecule has 8 heteroatoms. The van der Waals surface area contributed by atoms with Crippen LogP contribution in [0.1, 0.15) is 138 Å². The van der Waals surface area contributed by atoms with E-state index in [1.807, 2.05) is 148 Å². The van der Waals surface area contributed by atoms with Crippen LogP contribution in [-0.4, -0.2) is 20.1 Å². The number of alkyl halides is 3. The number of fused-ring (bicyclic) bond motifs is 8. The van der Waals surface area contributed by atoms with Crippen LogP contribution in [0.3, 0.4) is 0 Å². The zero-order valence-electron chi connectivity index (χ0n) is 45.1. The molecular formula is C69H66F3NO4. The maximum atomic E-state index is 15.3. The molecule has 1 N–H and O–H groups in total. The highest BCUT2D eigenvalue weighted by Gasteiger charge is 2.49. The summed E-state index contributed by atoms with van der Waals surface area (Å²) < 4.78 is 65.2. The Kier molecular flexibility index (Phi) is 13.7. The number of benzene rings is 8. The van der Waals surface area contributed by atoms with Crippen molar-refractivity contribution < 1.29 is 32.2 Å². The molecule has 0 aromatic heterocycles. The Hall–Kier alpha value is -7.58. The van der Waals surface area contributed by atoms with Gasteiger partial charge in [-0.1, -0.05) is 144 Å². The van der Waals surface area contributed by atoms with E-state index >= 15 is 13.2 Å². The second-order valence-electron chi connectivity index (χ2n) is 22.1. The van der Waals surface area contributed by atoms with Crippen molar-refractivity contribution in [1.82, 2.24) is 0 Å². The van der Waals surface area contributed by atoms with E-state index in [2.05, 4.69) is 36.5 Å². The zero-order chi connectivity index (χ0) is 53.8. The fraction of sp³-hybridized carbons (Fsp3) is 0.290. The molecule has 2 aliphatic carbocycles. The number of amides is 1. The van der Waals surface area contributed by atoms with Crippen molar-refractivity contribution in [1.29, 1.82) is 0 Å². The summed E-state index contributed by atoms with van der Waals surface area (Å²) >= 11 is 0. The number of halogens is 3. The number of hydrogen-bond donors (Lipinski definition) is 1. The van der Waals surface area contributed by atoms with Crippen molar-refractivity contribution in [3.8, 4) is 50.6 Å². The van der Waals surface area contributed by atoms with E-state index in [0.717, 1.165) is 66.9 Å². The molecule has 1 unspecified atom stereocenters. The molecule has 1 atom stereocenters. The van der Waals surface area contributed by atoms with E-state index in [9.17, 15) is 4.79 Å². The summed E-state index contributed by atoms with van der Waals surface area (Å²) in [5.74, 6) is 3.08.